The maximum Gasteiger partial charge on any atom is 0.217 e. The Hall–Kier alpha value is -3.07. The average Bonchev–Trinajstić information content (AvgIpc) is 2.88. The number of rotatable bonds is 9. The first-order chi connectivity index (χ1) is 18.1. The third kappa shape index (κ3) is 5.39. The van der Waals surface area contributed by atoms with Crippen LogP contribution in [0.1, 0.15) is 40.3 Å². The van der Waals surface area contributed by atoms with E-state index in [1.165, 1.54) is 14.2 Å². The number of methoxy groups -OCH3 is 2. The molecule has 6 nitrogen and oxygen atoms in total. The monoisotopic (exact) mass is 581 g/mol. The summed E-state index contributed by atoms with van der Waals surface area (Å²) in [6.45, 7) is 4.39. The number of ether oxygens (including phenoxy) is 2. The van der Waals surface area contributed by atoms with Crippen LogP contribution in [-0.4, -0.2) is 54.8 Å². The summed E-state index contributed by atoms with van der Waals surface area (Å²) in [5, 5.41) is 13.7. The first-order valence-corrected chi connectivity index (χ1v) is 13.2. The van der Waals surface area contributed by atoms with Gasteiger partial charge in [-0.15, -0.1) is 0 Å². The highest BCUT2D eigenvalue weighted by atomic mass is 79.9. The van der Waals surface area contributed by atoms with Gasteiger partial charge in [0.15, 0.2) is 11.6 Å². The van der Waals surface area contributed by atoms with Crippen LogP contribution in [0.2, 0.25) is 0 Å². The van der Waals surface area contributed by atoms with Gasteiger partial charge in [0.1, 0.15) is 5.60 Å². The summed E-state index contributed by atoms with van der Waals surface area (Å²) >= 11 is 3.54. The van der Waals surface area contributed by atoms with Crippen LogP contribution < -0.4 is 9.47 Å². The van der Waals surface area contributed by atoms with Crippen molar-refractivity contribution < 1.29 is 19.0 Å². The molecule has 4 aromatic rings. The molecule has 2 heterocycles. The molecule has 2 aromatic carbocycles. The van der Waals surface area contributed by atoms with Gasteiger partial charge in [0.25, 0.3) is 0 Å². The Labute approximate surface area is 231 Å². The van der Waals surface area contributed by atoms with Crippen LogP contribution in [0, 0.1) is 19.7 Å². The van der Waals surface area contributed by atoms with Crippen LogP contribution in [0.5, 0.6) is 11.6 Å². The fourth-order valence-corrected chi connectivity index (χ4v) is 5.46. The highest BCUT2D eigenvalue weighted by Gasteiger charge is 2.45. The van der Waals surface area contributed by atoms with Crippen molar-refractivity contribution in [2.45, 2.75) is 31.8 Å². The zero-order valence-electron chi connectivity index (χ0n) is 22.5. The second-order valence-corrected chi connectivity index (χ2v) is 10.8. The molecule has 2 aromatic heterocycles. The summed E-state index contributed by atoms with van der Waals surface area (Å²) < 4.78 is 28.1. The molecule has 0 aliphatic rings. The van der Waals surface area contributed by atoms with Crippen LogP contribution in [0.15, 0.2) is 59.2 Å². The van der Waals surface area contributed by atoms with Gasteiger partial charge in [-0.25, -0.2) is 9.37 Å². The van der Waals surface area contributed by atoms with E-state index < -0.39 is 17.3 Å². The normalized spacial score (nSPS) is 13.9. The summed E-state index contributed by atoms with van der Waals surface area (Å²) in [4.78, 5) is 11.3. The molecule has 0 saturated carbocycles. The van der Waals surface area contributed by atoms with Crippen molar-refractivity contribution in [3.05, 3.63) is 93.0 Å². The van der Waals surface area contributed by atoms with E-state index >= 15 is 4.39 Å². The topological polar surface area (TPSA) is 67.7 Å². The first kappa shape index (κ1) is 28.0. The number of hydrogen-bond donors (Lipinski definition) is 1. The van der Waals surface area contributed by atoms with E-state index in [9.17, 15) is 5.11 Å². The smallest absolute Gasteiger partial charge is 0.217 e. The van der Waals surface area contributed by atoms with E-state index in [-0.39, 0.29) is 11.3 Å². The second kappa shape index (κ2) is 11.4. The molecule has 2 atom stereocenters. The lowest BCUT2D eigenvalue weighted by Gasteiger charge is -2.39. The molecule has 0 saturated heterocycles. The van der Waals surface area contributed by atoms with Gasteiger partial charge in [-0.1, -0.05) is 28.1 Å². The van der Waals surface area contributed by atoms with Gasteiger partial charge >= 0.3 is 0 Å². The number of aliphatic hydroxyl groups is 1. The van der Waals surface area contributed by atoms with Crippen molar-refractivity contribution in [3.63, 3.8) is 0 Å². The van der Waals surface area contributed by atoms with Crippen molar-refractivity contribution in [3.8, 4) is 11.6 Å². The van der Waals surface area contributed by atoms with Gasteiger partial charge in [0.05, 0.1) is 25.7 Å². The summed E-state index contributed by atoms with van der Waals surface area (Å²) in [6.07, 6.45) is 2.00. The van der Waals surface area contributed by atoms with Crippen LogP contribution in [0.25, 0.3) is 10.9 Å². The number of halogens is 2. The van der Waals surface area contributed by atoms with E-state index in [1.54, 1.807) is 24.4 Å². The quantitative estimate of drug-likeness (QED) is 0.256. The van der Waals surface area contributed by atoms with Gasteiger partial charge in [0, 0.05) is 45.0 Å². The Kier molecular flexibility index (Phi) is 8.35. The molecule has 1 N–H and O–H groups in total. The van der Waals surface area contributed by atoms with E-state index in [2.05, 4.69) is 20.9 Å². The SMILES string of the molecule is COc1cccc([C@H](c2cc3cc(Br)ccc3nc2OC)[C@@](O)(CCN(C)C)c2cnc(C)cc2C)c1F. The van der Waals surface area contributed by atoms with Crippen LogP contribution in [-0.2, 0) is 5.60 Å². The van der Waals surface area contributed by atoms with E-state index in [1.807, 2.05) is 63.2 Å². The maximum absolute atomic E-state index is 16.1. The van der Waals surface area contributed by atoms with Gasteiger partial charge in [-0.05, 0) is 76.3 Å². The molecule has 200 valence electrons. The van der Waals surface area contributed by atoms with Gasteiger partial charge in [-0.2, -0.15) is 0 Å². The fraction of sp³-hybridized carbons (Fsp3) is 0.333. The van der Waals surface area contributed by atoms with Gasteiger partial charge in [-0.3, -0.25) is 4.98 Å². The molecule has 0 fully saturated rings. The molecule has 0 amide bonds. The van der Waals surface area contributed by atoms with Crippen molar-refractivity contribution in [1.29, 1.82) is 0 Å². The molecule has 0 spiro atoms. The minimum atomic E-state index is -1.57. The van der Waals surface area contributed by atoms with Crippen molar-refractivity contribution in [1.82, 2.24) is 14.9 Å². The lowest BCUT2D eigenvalue weighted by atomic mass is 9.70. The molecule has 0 unspecified atom stereocenters. The Morgan fingerprint density at radius 1 is 1.05 bits per heavy atom. The lowest BCUT2D eigenvalue weighted by molar-refractivity contribution is 0.00193. The van der Waals surface area contributed by atoms with E-state index in [0.717, 1.165) is 26.6 Å². The van der Waals surface area contributed by atoms with E-state index in [0.29, 0.717) is 30.0 Å². The average molecular weight is 583 g/mol. The molecule has 0 aliphatic heterocycles. The zero-order chi connectivity index (χ0) is 27.6. The zero-order valence-corrected chi connectivity index (χ0v) is 24.1. The van der Waals surface area contributed by atoms with Crippen LogP contribution >= 0.6 is 15.9 Å². The number of fused-ring (bicyclic) bond motifs is 1. The van der Waals surface area contributed by atoms with Crippen molar-refractivity contribution in [2.24, 2.45) is 0 Å². The molecule has 0 radical (unpaired) electrons. The molecular formula is C30H33BrFN3O3. The summed E-state index contributed by atoms with van der Waals surface area (Å²) in [5.74, 6) is -1.03. The molecule has 0 bridgehead atoms. The Bertz CT molecular complexity index is 1460. The molecule has 0 aliphatic carbocycles. The number of hydrogen-bond acceptors (Lipinski definition) is 6. The number of aryl methyl sites for hydroxylation is 2. The van der Waals surface area contributed by atoms with E-state index in [4.69, 9.17) is 14.5 Å². The standard InChI is InChI=1S/C30H33BrFN3O3/c1-18-14-19(2)33-17-24(18)30(36,12-13-35(3)4)27(22-8-7-9-26(37-5)28(22)32)23-16-20-15-21(31)10-11-25(20)34-29(23)38-6/h7-11,14-17,27,36H,12-13H2,1-6H3/t27-,30-/m1/s1. The molecule has 8 heteroatoms. The third-order valence-electron chi connectivity index (χ3n) is 6.93. The number of nitrogens with zero attached hydrogens (tertiary/aromatic N) is 3. The van der Waals surface area contributed by atoms with Crippen molar-refractivity contribution in [2.75, 3.05) is 34.9 Å². The minimum absolute atomic E-state index is 0.0941. The molecule has 38 heavy (non-hydrogen) atoms. The van der Waals surface area contributed by atoms with Crippen molar-refractivity contribution >= 4 is 26.8 Å². The summed E-state index contributed by atoms with van der Waals surface area (Å²) in [7, 11) is 6.85. The molecule has 4 rings (SSSR count). The highest BCUT2D eigenvalue weighted by molar-refractivity contribution is 9.10. The first-order valence-electron chi connectivity index (χ1n) is 12.4. The fourth-order valence-electron chi connectivity index (χ4n) is 5.09. The third-order valence-corrected chi connectivity index (χ3v) is 7.42. The molecular weight excluding hydrogens is 549 g/mol. The largest absolute Gasteiger partial charge is 0.494 e. The van der Waals surface area contributed by atoms with Gasteiger partial charge < -0.3 is 19.5 Å². The number of benzene rings is 2. The Morgan fingerprint density at radius 2 is 1.82 bits per heavy atom. The van der Waals surface area contributed by atoms with Crippen LogP contribution in [0.3, 0.4) is 0 Å². The lowest BCUT2D eigenvalue weighted by Crippen LogP contribution is -2.39. The summed E-state index contributed by atoms with van der Waals surface area (Å²) in [5.41, 5.74) is 2.31. The summed E-state index contributed by atoms with van der Waals surface area (Å²) in [6, 6.07) is 14.6. The maximum atomic E-state index is 16.1. The van der Waals surface area contributed by atoms with Crippen LogP contribution in [0.4, 0.5) is 4.39 Å². The number of aromatic nitrogens is 2. The van der Waals surface area contributed by atoms with Gasteiger partial charge in [0.2, 0.25) is 5.88 Å². The predicted molar refractivity (Wildman–Crippen MR) is 152 cm³/mol. The minimum Gasteiger partial charge on any atom is -0.494 e. The Morgan fingerprint density at radius 3 is 2.47 bits per heavy atom. The highest BCUT2D eigenvalue weighted by Crippen LogP contribution is 2.49. The predicted octanol–water partition coefficient (Wildman–Crippen LogP) is 6.14. The second-order valence-electron chi connectivity index (χ2n) is 9.84. The Balaban J connectivity index is 2.11. The number of pyridine rings is 2.